The zero-order valence-corrected chi connectivity index (χ0v) is 14.1. The van der Waals surface area contributed by atoms with Crippen molar-refractivity contribution >= 4 is 5.91 Å². The number of aryl methyl sites for hydroxylation is 2. The standard InChI is InChI=1S/C18H20N4O2/c1-4-16-20-13(2)17(24-16)18(23)21(3)12-14-7-5-8-15(11-14)22-10-6-9-19-22/h5-11H,4,12H2,1-3H3. The Kier molecular flexibility index (Phi) is 4.46. The number of nitrogens with zero attached hydrogens (tertiary/aromatic N) is 4. The largest absolute Gasteiger partial charge is 0.435 e. The number of benzene rings is 1. The third kappa shape index (κ3) is 3.22. The molecule has 6 heteroatoms. The van der Waals surface area contributed by atoms with E-state index in [0.29, 0.717) is 30.3 Å². The van der Waals surface area contributed by atoms with Gasteiger partial charge in [-0.05, 0) is 30.7 Å². The van der Waals surface area contributed by atoms with Gasteiger partial charge in [0.1, 0.15) is 0 Å². The minimum atomic E-state index is -0.163. The number of hydrogen-bond donors (Lipinski definition) is 0. The first kappa shape index (κ1) is 16.0. The second kappa shape index (κ2) is 6.70. The molecule has 0 fully saturated rings. The van der Waals surface area contributed by atoms with Crippen molar-refractivity contribution in [3.8, 4) is 5.69 Å². The van der Waals surface area contributed by atoms with Crippen LogP contribution in [0, 0.1) is 6.92 Å². The van der Waals surface area contributed by atoms with Crippen LogP contribution in [-0.4, -0.2) is 32.6 Å². The van der Waals surface area contributed by atoms with Crippen molar-refractivity contribution in [2.24, 2.45) is 0 Å². The zero-order valence-electron chi connectivity index (χ0n) is 14.1. The first-order chi connectivity index (χ1) is 11.6. The number of oxazole rings is 1. The molecule has 1 amide bonds. The highest BCUT2D eigenvalue weighted by Gasteiger charge is 2.20. The molecular weight excluding hydrogens is 304 g/mol. The van der Waals surface area contributed by atoms with E-state index in [0.717, 1.165) is 11.3 Å². The van der Waals surface area contributed by atoms with Gasteiger partial charge < -0.3 is 9.32 Å². The van der Waals surface area contributed by atoms with Gasteiger partial charge in [-0.2, -0.15) is 5.10 Å². The summed E-state index contributed by atoms with van der Waals surface area (Å²) in [4.78, 5) is 18.5. The van der Waals surface area contributed by atoms with Gasteiger partial charge in [0.25, 0.3) is 5.91 Å². The maximum Gasteiger partial charge on any atom is 0.291 e. The quantitative estimate of drug-likeness (QED) is 0.724. The topological polar surface area (TPSA) is 64.2 Å². The van der Waals surface area contributed by atoms with Gasteiger partial charge in [0, 0.05) is 32.4 Å². The Morgan fingerprint density at radius 3 is 2.83 bits per heavy atom. The van der Waals surface area contributed by atoms with E-state index < -0.39 is 0 Å². The Morgan fingerprint density at radius 1 is 1.33 bits per heavy atom. The van der Waals surface area contributed by atoms with Gasteiger partial charge in [0.05, 0.1) is 11.4 Å². The van der Waals surface area contributed by atoms with Crippen LogP contribution in [0.25, 0.3) is 5.69 Å². The van der Waals surface area contributed by atoms with Gasteiger partial charge in [-0.1, -0.05) is 19.1 Å². The van der Waals surface area contributed by atoms with Crippen LogP contribution in [0.3, 0.4) is 0 Å². The summed E-state index contributed by atoms with van der Waals surface area (Å²) < 4.78 is 7.34. The van der Waals surface area contributed by atoms with Crippen molar-refractivity contribution in [3.05, 3.63) is 65.6 Å². The molecular formula is C18H20N4O2. The van der Waals surface area contributed by atoms with E-state index in [1.807, 2.05) is 43.5 Å². The zero-order chi connectivity index (χ0) is 17.1. The average Bonchev–Trinajstić information content (AvgIpc) is 3.24. The molecule has 24 heavy (non-hydrogen) atoms. The second-order valence-corrected chi connectivity index (χ2v) is 5.66. The molecule has 0 aliphatic rings. The third-order valence-electron chi connectivity index (χ3n) is 3.78. The Hall–Kier alpha value is -2.89. The highest BCUT2D eigenvalue weighted by molar-refractivity contribution is 5.92. The summed E-state index contributed by atoms with van der Waals surface area (Å²) in [6.07, 6.45) is 4.29. The summed E-state index contributed by atoms with van der Waals surface area (Å²) in [6.45, 7) is 4.22. The van der Waals surface area contributed by atoms with E-state index in [1.165, 1.54) is 0 Å². The number of aromatic nitrogens is 3. The van der Waals surface area contributed by atoms with Crippen molar-refractivity contribution in [2.45, 2.75) is 26.8 Å². The molecule has 0 saturated carbocycles. The fraction of sp³-hybridized carbons (Fsp3) is 0.278. The summed E-state index contributed by atoms with van der Waals surface area (Å²) in [5.74, 6) is 0.742. The van der Waals surface area contributed by atoms with E-state index in [4.69, 9.17) is 4.42 Å². The van der Waals surface area contributed by atoms with Gasteiger partial charge in [-0.3, -0.25) is 4.79 Å². The first-order valence-electron chi connectivity index (χ1n) is 7.89. The molecule has 0 radical (unpaired) electrons. The van der Waals surface area contributed by atoms with Gasteiger partial charge in [-0.25, -0.2) is 9.67 Å². The molecule has 2 aromatic heterocycles. The summed E-state index contributed by atoms with van der Waals surface area (Å²) in [7, 11) is 1.76. The van der Waals surface area contributed by atoms with Crippen LogP contribution in [-0.2, 0) is 13.0 Å². The Morgan fingerprint density at radius 2 is 2.17 bits per heavy atom. The number of rotatable bonds is 5. The summed E-state index contributed by atoms with van der Waals surface area (Å²) in [5, 5.41) is 4.23. The van der Waals surface area contributed by atoms with Crippen LogP contribution >= 0.6 is 0 Å². The lowest BCUT2D eigenvalue weighted by Crippen LogP contribution is -2.26. The lowest BCUT2D eigenvalue weighted by Gasteiger charge is -2.16. The Labute approximate surface area is 140 Å². The van der Waals surface area contributed by atoms with Crippen LogP contribution < -0.4 is 0 Å². The molecule has 0 saturated heterocycles. The smallest absolute Gasteiger partial charge is 0.291 e. The number of hydrogen-bond acceptors (Lipinski definition) is 4. The van der Waals surface area contributed by atoms with Crippen molar-refractivity contribution in [1.82, 2.24) is 19.7 Å². The predicted octanol–water partition coefficient (Wildman–Crippen LogP) is 3.00. The van der Waals surface area contributed by atoms with Crippen LogP contribution in [0.1, 0.15) is 34.6 Å². The molecule has 2 heterocycles. The van der Waals surface area contributed by atoms with E-state index in [1.54, 1.807) is 29.7 Å². The Balaban J connectivity index is 1.77. The lowest BCUT2D eigenvalue weighted by molar-refractivity contribution is 0.0750. The summed E-state index contributed by atoms with van der Waals surface area (Å²) in [6, 6.07) is 9.81. The third-order valence-corrected chi connectivity index (χ3v) is 3.78. The van der Waals surface area contributed by atoms with E-state index in [-0.39, 0.29) is 5.91 Å². The highest BCUT2D eigenvalue weighted by atomic mass is 16.4. The van der Waals surface area contributed by atoms with Gasteiger partial charge in [-0.15, -0.1) is 0 Å². The molecule has 0 N–H and O–H groups in total. The maximum atomic E-state index is 12.6. The normalized spacial score (nSPS) is 10.8. The molecule has 0 bridgehead atoms. The first-order valence-corrected chi connectivity index (χ1v) is 7.89. The molecule has 124 valence electrons. The number of carbonyl (C=O) groups excluding carboxylic acids is 1. The SMILES string of the molecule is CCc1nc(C)c(C(=O)N(C)Cc2cccc(-n3cccn3)c2)o1. The number of amides is 1. The van der Waals surface area contributed by atoms with Gasteiger partial charge >= 0.3 is 0 Å². The van der Waals surface area contributed by atoms with Crippen molar-refractivity contribution in [3.63, 3.8) is 0 Å². The number of carbonyl (C=O) groups is 1. The van der Waals surface area contributed by atoms with Gasteiger partial charge in [0.15, 0.2) is 5.89 Å². The van der Waals surface area contributed by atoms with E-state index in [2.05, 4.69) is 10.1 Å². The second-order valence-electron chi connectivity index (χ2n) is 5.66. The Bertz CT molecular complexity index is 837. The monoisotopic (exact) mass is 324 g/mol. The molecule has 0 aliphatic carbocycles. The maximum absolute atomic E-state index is 12.6. The van der Waals surface area contributed by atoms with Crippen LogP contribution in [0.5, 0.6) is 0 Å². The average molecular weight is 324 g/mol. The molecule has 0 spiro atoms. The molecule has 6 nitrogen and oxygen atoms in total. The minimum Gasteiger partial charge on any atom is -0.435 e. The van der Waals surface area contributed by atoms with Crippen molar-refractivity contribution < 1.29 is 9.21 Å². The van der Waals surface area contributed by atoms with Crippen molar-refractivity contribution in [1.29, 1.82) is 0 Å². The minimum absolute atomic E-state index is 0.163. The van der Waals surface area contributed by atoms with Crippen LogP contribution in [0.15, 0.2) is 47.1 Å². The van der Waals surface area contributed by atoms with Crippen LogP contribution in [0.2, 0.25) is 0 Å². The predicted molar refractivity (Wildman–Crippen MR) is 90.0 cm³/mol. The summed E-state index contributed by atoms with van der Waals surface area (Å²) >= 11 is 0. The van der Waals surface area contributed by atoms with E-state index in [9.17, 15) is 4.79 Å². The summed E-state index contributed by atoms with van der Waals surface area (Å²) in [5.41, 5.74) is 2.61. The molecule has 1 aromatic carbocycles. The molecule has 3 aromatic rings. The fourth-order valence-electron chi connectivity index (χ4n) is 2.54. The van der Waals surface area contributed by atoms with E-state index >= 15 is 0 Å². The van der Waals surface area contributed by atoms with Crippen LogP contribution in [0.4, 0.5) is 0 Å². The van der Waals surface area contributed by atoms with Crippen molar-refractivity contribution in [2.75, 3.05) is 7.05 Å². The fourth-order valence-corrected chi connectivity index (χ4v) is 2.54. The lowest BCUT2D eigenvalue weighted by atomic mass is 10.2. The molecule has 0 unspecified atom stereocenters. The highest BCUT2D eigenvalue weighted by Crippen LogP contribution is 2.16. The molecule has 3 rings (SSSR count). The molecule has 0 aliphatic heterocycles. The van der Waals surface area contributed by atoms with Gasteiger partial charge in [0.2, 0.25) is 5.76 Å². The molecule has 0 atom stereocenters.